The van der Waals surface area contributed by atoms with Crippen molar-refractivity contribution in [1.82, 2.24) is 25.7 Å². The molecule has 12 heteroatoms. The highest BCUT2D eigenvalue weighted by Gasteiger charge is 2.29. The number of anilines is 2. The van der Waals surface area contributed by atoms with E-state index in [1.807, 2.05) is 31.2 Å². The molecule has 0 aliphatic rings. The number of halogens is 1. The van der Waals surface area contributed by atoms with Crippen LogP contribution in [0.2, 0.25) is 5.15 Å². The average Bonchev–Trinajstić information content (AvgIpc) is 2.84. The van der Waals surface area contributed by atoms with Gasteiger partial charge in [-0.25, -0.2) is 9.97 Å². The number of benzene rings is 2. The van der Waals surface area contributed by atoms with Gasteiger partial charge in [-0.05, 0) is 42.2 Å². The molecule has 2 amide bonds. The lowest BCUT2D eigenvalue weighted by Gasteiger charge is -2.31. The van der Waals surface area contributed by atoms with Gasteiger partial charge in [0.25, 0.3) is 5.91 Å². The standard InChI is InChI=1S/C25H32ClN7O4/c1-5-10-33(37-18-12-16-9-7-6-8-15(16)11-17(18)34)14(4)29-24(35)19(13(2)3)31-25(36)20-22(27)32-23(28)21(26)30-20/h6-9,11-14,19,34H,5,10H2,1-4H3,(H,29,35)(H,31,36)(H4,27,28,32). The molecule has 1 aromatic heterocycles. The molecule has 198 valence electrons. The molecule has 0 radical (unpaired) electrons. The molecule has 3 rings (SSSR count). The van der Waals surface area contributed by atoms with E-state index in [0.717, 1.165) is 17.2 Å². The second kappa shape index (κ2) is 11.9. The number of amides is 2. The number of hydroxylamine groups is 2. The predicted octanol–water partition coefficient (Wildman–Crippen LogP) is 3.08. The van der Waals surface area contributed by atoms with Gasteiger partial charge in [0.15, 0.2) is 34.0 Å². The number of nitrogens with one attached hydrogen (secondary N) is 2. The zero-order valence-corrected chi connectivity index (χ0v) is 21.9. The highest BCUT2D eigenvalue weighted by molar-refractivity contribution is 6.31. The molecule has 2 unspecified atom stereocenters. The first-order valence-electron chi connectivity index (χ1n) is 11.9. The van der Waals surface area contributed by atoms with Crippen molar-refractivity contribution in [2.24, 2.45) is 5.92 Å². The van der Waals surface area contributed by atoms with Gasteiger partial charge in [0.2, 0.25) is 5.91 Å². The Morgan fingerprint density at radius 2 is 1.73 bits per heavy atom. The summed E-state index contributed by atoms with van der Waals surface area (Å²) in [5.41, 5.74) is 11.1. The van der Waals surface area contributed by atoms with Gasteiger partial charge in [-0.2, -0.15) is 0 Å². The Labute approximate surface area is 220 Å². The number of nitrogens with two attached hydrogens (primary N) is 2. The van der Waals surface area contributed by atoms with Crippen LogP contribution < -0.4 is 26.9 Å². The third-order valence-corrected chi connectivity index (χ3v) is 5.90. The SMILES string of the molecule is CCCN(Oc1cc2ccccc2cc1O)C(C)NC(=O)C(NC(=O)c1nc(Cl)c(N)nc1N)C(C)C. The maximum absolute atomic E-state index is 13.2. The molecule has 2 aromatic carbocycles. The van der Waals surface area contributed by atoms with Crippen LogP contribution in [0.25, 0.3) is 10.8 Å². The summed E-state index contributed by atoms with van der Waals surface area (Å²) in [4.78, 5) is 39.7. The number of fused-ring (bicyclic) bond motifs is 1. The lowest BCUT2D eigenvalue weighted by atomic mass is 10.0. The summed E-state index contributed by atoms with van der Waals surface area (Å²) >= 11 is 5.88. The average molecular weight is 530 g/mol. The number of phenolic OH excluding ortho intramolecular Hbond substituents is 1. The molecule has 0 spiro atoms. The fourth-order valence-electron chi connectivity index (χ4n) is 3.67. The van der Waals surface area contributed by atoms with Crippen LogP contribution in [0.15, 0.2) is 36.4 Å². The molecule has 0 saturated heterocycles. The molecular weight excluding hydrogens is 498 g/mol. The van der Waals surface area contributed by atoms with E-state index in [9.17, 15) is 14.7 Å². The second-order valence-electron chi connectivity index (χ2n) is 8.91. The molecule has 3 aromatic rings. The number of aromatic hydroxyl groups is 1. The van der Waals surface area contributed by atoms with Crippen LogP contribution in [-0.4, -0.2) is 50.7 Å². The van der Waals surface area contributed by atoms with Crippen LogP contribution >= 0.6 is 11.6 Å². The second-order valence-corrected chi connectivity index (χ2v) is 9.27. The third kappa shape index (κ3) is 6.69. The smallest absolute Gasteiger partial charge is 0.274 e. The van der Waals surface area contributed by atoms with Crippen molar-refractivity contribution < 1.29 is 19.5 Å². The minimum Gasteiger partial charge on any atom is -0.504 e. The highest BCUT2D eigenvalue weighted by atomic mass is 35.5. The summed E-state index contributed by atoms with van der Waals surface area (Å²) < 4.78 is 0. The Morgan fingerprint density at radius 1 is 1.08 bits per heavy atom. The Morgan fingerprint density at radius 3 is 2.35 bits per heavy atom. The van der Waals surface area contributed by atoms with Gasteiger partial charge in [0.05, 0.1) is 0 Å². The number of hydrogen-bond donors (Lipinski definition) is 5. The van der Waals surface area contributed by atoms with Gasteiger partial charge in [-0.3, -0.25) is 9.59 Å². The minimum absolute atomic E-state index is 0.0218. The third-order valence-electron chi connectivity index (χ3n) is 5.63. The normalized spacial score (nSPS) is 12.9. The summed E-state index contributed by atoms with van der Waals surface area (Å²) in [5, 5.41) is 19.2. The van der Waals surface area contributed by atoms with Crippen molar-refractivity contribution in [2.75, 3.05) is 18.0 Å². The first-order chi connectivity index (χ1) is 17.5. The molecule has 2 atom stereocenters. The van der Waals surface area contributed by atoms with Crippen LogP contribution in [0, 0.1) is 5.92 Å². The number of hydrogen-bond acceptors (Lipinski definition) is 9. The number of carbonyl (C=O) groups excluding carboxylic acids is 2. The maximum atomic E-state index is 13.2. The lowest BCUT2D eigenvalue weighted by molar-refractivity contribution is -0.136. The molecule has 37 heavy (non-hydrogen) atoms. The Hall–Kier alpha value is -3.83. The van der Waals surface area contributed by atoms with Gasteiger partial charge in [-0.15, -0.1) is 5.06 Å². The number of rotatable bonds is 10. The van der Waals surface area contributed by atoms with Crippen LogP contribution in [0.1, 0.15) is 44.6 Å². The van der Waals surface area contributed by atoms with Crippen molar-refractivity contribution >= 4 is 45.8 Å². The van der Waals surface area contributed by atoms with E-state index >= 15 is 0 Å². The van der Waals surface area contributed by atoms with Gasteiger partial charge in [0, 0.05) is 6.54 Å². The maximum Gasteiger partial charge on any atom is 0.274 e. The topological polar surface area (TPSA) is 169 Å². The molecule has 0 saturated carbocycles. The zero-order valence-electron chi connectivity index (χ0n) is 21.2. The summed E-state index contributed by atoms with van der Waals surface area (Å²) in [5.74, 6) is -1.50. The number of aromatic nitrogens is 2. The highest BCUT2D eigenvalue weighted by Crippen LogP contribution is 2.32. The van der Waals surface area contributed by atoms with Gasteiger partial charge in [-0.1, -0.05) is 56.6 Å². The van der Waals surface area contributed by atoms with Crippen LogP contribution in [-0.2, 0) is 4.79 Å². The van der Waals surface area contributed by atoms with Crippen LogP contribution in [0.5, 0.6) is 11.5 Å². The van der Waals surface area contributed by atoms with Crippen molar-refractivity contribution in [3.63, 3.8) is 0 Å². The fraction of sp³-hybridized carbons (Fsp3) is 0.360. The summed E-state index contributed by atoms with van der Waals surface area (Å²) in [6, 6.07) is 10.0. The molecule has 0 aliphatic carbocycles. The van der Waals surface area contributed by atoms with Crippen molar-refractivity contribution in [1.29, 1.82) is 0 Å². The summed E-state index contributed by atoms with van der Waals surface area (Å²) in [7, 11) is 0. The van der Waals surface area contributed by atoms with E-state index in [-0.39, 0.29) is 39.9 Å². The van der Waals surface area contributed by atoms with Gasteiger partial charge < -0.3 is 32.0 Å². The lowest BCUT2D eigenvalue weighted by Crippen LogP contribution is -2.56. The van der Waals surface area contributed by atoms with Crippen LogP contribution in [0.3, 0.4) is 0 Å². The van der Waals surface area contributed by atoms with Crippen molar-refractivity contribution in [3.05, 3.63) is 47.2 Å². The number of nitrogens with zero attached hydrogens (tertiary/aromatic N) is 3. The van der Waals surface area contributed by atoms with E-state index in [2.05, 4.69) is 20.6 Å². The Kier molecular flexibility index (Phi) is 8.95. The van der Waals surface area contributed by atoms with Crippen molar-refractivity contribution in [2.45, 2.75) is 46.3 Å². The minimum atomic E-state index is -0.926. The molecule has 0 bridgehead atoms. The largest absolute Gasteiger partial charge is 0.504 e. The number of nitrogen functional groups attached to an aromatic ring is 2. The van der Waals surface area contributed by atoms with Gasteiger partial charge >= 0.3 is 0 Å². The van der Waals surface area contributed by atoms with Crippen molar-refractivity contribution in [3.8, 4) is 11.5 Å². The molecule has 11 nitrogen and oxygen atoms in total. The molecular formula is C25H32ClN7O4. The molecule has 7 N–H and O–H groups in total. The first kappa shape index (κ1) is 27.8. The fourth-order valence-corrected chi connectivity index (χ4v) is 3.79. The summed E-state index contributed by atoms with van der Waals surface area (Å²) in [6.07, 6.45) is 0.113. The quantitative estimate of drug-likeness (QED) is 0.195. The summed E-state index contributed by atoms with van der Waals surface area (Å²) in [6.45, 7) is 7.74. The van der Waals surface area contributed by atoms with E-state index in [1.54, 1.807) is 38.0 Å². The van der Waals surface area contributed by atoms with Gasteiger partial charge in [0.1, 0.15) is 12.2 Å². The monoisotopic (exact) mass is 529 g/mol. The molecule has 0 fully saturated rings. The number of carbonyl (C=O) groups is 2. The van der Waals surface area contributed by atoms with E-state index in [4.69, 9.17) is 27.9 Å². The van der Waals surface area contributed by atoms with E-state index in [1.165, 1.54) is 0 Å². The number of phenols is 1. The molecule has 1 heterocycles. The Balaban J connectivity index is 1.75. The Bertz CT molecular complexity index is 1290. The predicted molar refractivity (Wildman–Crippen MR) is 143 cm³/mol. The van der Waals surface area contributed by atoms with Crippen LogP contribution in [0.4, 0.5) is 11.6 Å². The van der Waals surface area contributed by atoms with E-state index in [0.29, 0.717) is 6.54 Å². The zero-order chi connectivity index (χ0) is 27.3. The molecule has 0 aliphatic heterocycles. The van der Waals surface area contributed by atoms with E-state index < -0.39 is 24.0 Å². The first-order valence-corrected chi connectivity index (χ1v) is 12.3.